The molecule has 1 heterocycles. The molecule has 20 heavy (non-hydrogen) atoms. The van der Waals surface area contributed by atoms with E-state index < -0.39 is 5.97 Å². The molecule has 1 aromatic heterocycles. The Hall–Kier alpha value is -2.33. The maximum absolute atomic E-state index is 10.6. The minimum atomic E-state index is -1.03. The third kappa shape index (κ3) is 3.83. The Kier molecular flexibility index (Phi) is 4.74. The first-order chi connectivity index (χ1) is 9.66. The molecule has 0 saturated carbocycles. The van der Waals surface area contributed by atoms with E-state index in [-0.39, 0.29) is 6.61 Å². The largest absolute Gasteiger partial charge is 0.485 e. The maximum atomic E-state index is 10.6. The molecule has 0 fully saturated rings. The Morgan fingerprint density at radius 3 is 2.85 bits per heavy atom. The van der Waals surface area contributed by atoms with Gasteiger partial charge >= 0.3 is 5.97 Å². The second kappa shape index (κ2) is 6.73. The second-order valence-corrected chi connectivity index (χ2v) is 4.35. The summed E-state index contributed by atoms with van der Waals surface area (Å²) in [5.41, 5.74) is 1.37. The summed E-state index contributed by atoms with van der Waals surface area (Å²) in [6.07, 6.45) is 4.16. The summed E-state index contributed by atoms with van der Waals surface area (Å²) in [6, 6.07) is 10.7. The summed E-state index contributed by atoms with van der Waals surface area (Å²) in [5, 5.41) is 9.10. The molecular formula is C15H12ClNO3. The summed E-state index contributed by atoms with van der Waals surface area (Å²) in [5.74, 6) is -0.585. The molecule has 0 radical (unpaired) electrons. The van der Waals surface area contributed by atoms with Crippen molar-refractivity contribution in [2.24, 2.45) is 0 Å². The van der Waals surface area contributed by atoms with Crippen LogP contribution >= 0.6 is 11.6 Å². The number of carboxylic acids is 1. The SMILES string of the molecule is O=C(O)/C=C/c1cccc(Cl)c1OCc1ccccn1. The van der Waals surface area contributed by atoms with E-state index in [0.717, 1.165) is 11.8 Å². The summed E-state index contributed by atoms with van der Waals surface area (Å²) in [6.45, 7) is 0.262. The summed E-state index contributed by atoms with van der Waals surface area (Å²) in [7, 11) is 0. The number of halogens is 1. The number of hydrogen-bond donors (Lipinski definition) is 1. The fourth-order valence-electron chi connectivity index (χ4n) is 1.60. The highest BCUT2D eigenvalue weighted by molar-refractivity contribution is 6.32. The maximum Gasteiger partial charge on any atom is 0.328 e. The fraction of sp³-hybridized carbons (Fsp3) is 0.0667. The summed E-state index contributed by atoms with van der Waals surface area (Å²) < 4.78 is 5.65. The van der Waals surface area contributed by atoms with Gasteiger partial charge in [-0.2, -0.15) is 0 Å². The smallest absolute Gasteiger partial charge is 0.328 e. The quantitative estimate of drug-likeness (QED) is 0.857. The van der Waals surface area contributed by atoms with Gasteiger partial charge in [-0.15, -0.1) is 0 Å². The standard InChI is InChI=1S/C15H12ClNO3/c16-13-6-3-4-11(7-8-14(18)19)15(13)20-10-12-5-1-2-9-17-12/h1-9H,10H2,(H,18,19)/b8-7+. The minimum Gasteiger partial charge on any atom is -0.485 e. The zero-order valence-corrected chi connectivity index (χ0v) is 11.2. The van der Waals surface area contributed by atoms with Gasteiger partial charge in [-0.25, -0.2) is 4.79 Å². The van der Waals surface area contributed by atoms with Crippen molar-refractivity contribution >= 4 is 23.6 Å². The van der Waals surface area contributed by atoms with Gasteiger partial charge in [-0.05, 0) is 24.3 Å². The predicted octanol–water partition coefficient (Wildman–Crippen LogP) is 3.41. The minimum absolute atomic E-state index is 0.262. The Bertz CT molecular complexity index is 626. The number of hydrogen-bond acceptors (Lipinski definition) is 3. The average molecular weight is 290 g/mol. The molecule has 1 N–H and O–H groups in total. The Morgan fingerprint density at radius 2 is 2.15 bits per heavy atom. The molecule has 0 saturated heterocycles. The number of pyridine rings is 1. The van der Waals surface area contributed by atoms with Crippen molar-refractivity contribution in [1.29, 1.82) is 0 Å². The number of nitrogens with zero attached hydrogens (tertiary/aromatic N) is 1. The number of carbonyl (C=O) groups is 1. The molecule has 0 unspecified atom stereocenters. The van der Waals surface area contributed by atoms with E-state index in [0.29, 0.717) is 16.3 Å². The first kappa shape index (κ1) is 14.1. The molecule has 0 amide bonds. The van der Waals surface area contributed by atoms with Crippen molar-refractivity contribution in [2.75, 3.05) is 0 Å². The highest BCUT2D eigenvalue weighted by Crippen LogP contribution is 2.30. The molecule has 0 spiro atoms. The predicted molar refractivity (Wildman–Crippen MR) is 76.7 cm³/mol. The average Bonchev–Trinajstić information content (AvgIpc) is 2.45. The van der Waals surface area contributed by atoms with Gasteiger partial charge in [0.1, 0.15) is 12.4 Å². The first-order valence-corrected chi connectivity index (χ1v) is 6.27. The molecule has 0 atom stereocenters. The van der Waals surface area contributed by atoms with Crippen LogP contribution in [0.2, 0.25) is 5.02 Å². The van der Waals surface area contributed by atoms with Gasteiger partial charge in [0.15, 0.2) is 0 Å². The van der Waals surface area contributed by atoms with Crippen LogP contribution in [0.5, 0.6) is 5.75 Å². The zero-order valence-electron chi connectivity index (χ0n) is 10.5. The van der Waals surface area contributed by atoms with Crippen LogP contribution < -0.4 is 4.74 Å². The van der Waals surface area contributed by atoms with E-state index >= 15 is 0 Å². The highest BCUT2D eigenvalue weighted by atomic mass is 35.5. The van der Waals surface area contributed by atoms with Gasteiger partial charge in [-0.1, -0.05) is 29.8 Å². The van der Waals surface area contributed by atoms with Crippen molar-refractivity contribution in [1.82, 2.24) is 4.98 Å². The lowest BCUT2D eigenvalue weighted by Gasteiger charge is -2.10. The van der Waals surface area contributed by atoms with Crippen molar-refractivity contribution in [2.45, 2.75) is 6.61 Å². The lowest BCUT2D eigenvalue weighted by Crippen LogP contribution is -1.99. The van der Waals surface area contributed by atoms with E-state index in [2.05, 4.69) is 4.98 Å². The van der Waals surface area contributed by atoms with E-state index in [9.17, 15) is 4.79 Å². The van der Waals surface area contributed by atoms with Crippen LogP contribution in [0.4, 0.5) is 0 Å². The summed E-state index contributed by atoms with van der Waals surface area (Å²) in [4.78, 5) is 14.7. The van der Waals surface area contributed by atoms with E-state index in [1.807, 2.05) is 18.2 Å². The monoisotopic (exact) mass is 289 g/mol. The molecule has 102 valence electrons. The molecule has 2 rings (SSSR count). The van der Waals surface area contributed by atoms with Gasteiger partial charge in [-0.3, -0.25) is 4.98 Å². The van der Waals surface area contributed by atoms with Crippen LogP contribution in [0.1, 0.15) is 11.3 Å². The van der Waals surface area contributed by atoms with Gasteiger partial charge < -0.3 is 9.84 Å². The molecule has 0 aliphatic heterocycles. The molecule has 0 aliphatic rings. The molecule has 0 bridgehead atoms. The third-order valence-electron chi connectivity index (χ3n) is 2.49. The number of carboxylic acid groups (broad SMARTS) is 1. The second-order valence-electron chi connectivity index (χ2n) is 3.94. The van der Waals surface area contributed by atoms with Gasteiger partial charge in [0.05, 0.1) is 10.7 Å². The van der Waals surface area contributed by atoms with E-state index in [4.69, 9.17) is 21.4 Å². The summed E-state index contributed by atoms with van der Waals surface area (Å²) >= 11 is 6.08. The van der Waals surface area contributed by atoms with Crippen LogP contribution in [0.3, 0.4) is 0 Å². The molecule has 5 heteroatoms. The van der Waals surface area contributed by atoms with Gasteiger partial charge in [0.25, 0.3) is 0 Å². The number of ether oxygens (including phenoxy) is 1. The van der Waals surface area contributed by atoms with Gasteiger partial charge in [0, 0.05) is 17.8 Å². The van der Waals surface area contributed by atoms with E-state index in [1.54, 1.807) is 24.4 Å². The van der Waals surface area contributed by atoms with Gasteiger partial charge in [0.2, 0.25) is 0 Å². The number of rotatable bonds is 5. The lowest BCUT2D eigenvalue weighted by atomic mass is 10.2. The zero-order chi connectivity index (χ0) is 14.4. The molecular weight excluding hydrogens is 278 g/mol. The molecule has 0 aliphatic carbocycles. The highest BCUT2D eigenvalue weighted by Gasteiger charge is 2.07. The van der Waals surface area contributed by atoms with Crippen molar-refractivity contribution in [3.8, 4) is 5.75 Å². The topological polar surface area (TPSA) is 59.4 Å². The van der Waals surface area contributed by atoms with Crippen molar-refractivity contribution in [3.63, 3.8) is 0 Å². The van der Waals surface area contributed by atoms with Crippen LogP contribution in [-0.2, 0) is 11.4 Å². The molecule has 4 nitrogen and oxygen atoms in total. The number of aromatic nitrogens is 1. The molecule has 1 aromatic carbocycles. The number of para-hydroxylation sites is 1. The molecule has 2 aromatic rings. The Morgan fingerprint density at radius 1 is 1.30 bits per heavy atom. The Labute approximate surface area is 121 Å². The number of aliphatic carboxylic acids is 1. The van der Waals surface area contributed by atoms with Crippen molar-refractivity contribution in [3.05, 3.63) is 65.0 Å². The van der Waals surface area contributed by atoms with Crippen LogP contribution in [-0.4, -0.2) is 16.1 Å². The number of benzene rings is 1. The van der Waals surface area contributed by atoms with Crippen molar-refractivity contribution < 1.29 is 14.6 Å². The van der Waals surface area contributed by atoms with Crippen LogP contribution in [0, 0.1) is 0 Å². The fourth-order valence-corrected chi connectivity index (χ4v) is 1.84. The lowest BCUT2D eigenvalue weighted by molar-refractivity contribution is -0.131. The first-order valence-electron chi connectivity index (χ1n) is 5.89. The third-order valence-corrected chi connectivity index (χ3v) is 2.79. The normalized spacial score (nSPS) is 10.7. The van der Waals surface area contributed by atoms with Crippen LogP contribution in [0.15, 0.2) is 48.7 Å². The van der Waals surface area contributed by atoms with Crippen LogP contribution in [0.25, 0.3) is 6.08 Å². The Balaban J connectivity index is 2.19. The van der Waals surface area contributed by atoms with E-state index in [1.165, 1.54) is 6.08 Å².